The second-order valence-electron chi connectivity index (χ2n) is 6.71. The van der Waals surface area contributed by atoms with Crippen LogP contribution in [0.2, 0.25) is 0 Å². The van der Waals surface area contributed by atoms with E-state index in [1.807, 2.05) is 0 Å². The van der Waals surface area contributed by atoms with E-state index in [0.717, 1.165) is 39.0 Å². The summed E-state index contributed by atoms with van der Waals surface area (Å²) < 4.78 is 5.29. The first-order valence-electron chi connectivity index (χ1n) is 8.45. The number of nitrogens with one attached hydrogen (secondary N) is 1. The minimum Gasteiger partial charge on any atom is -0.384 e. The van der Waals surface area contributed by atoms with E-state index < -0.39 is 0 Å². The highest BCUT2D eigenvalue weighted by Crippen LogP contribution is 2.20. The maximum Gasteiger partial charge on any atom is 0.106 e. The Balaban J connectivity index is 2.38. The topological polar surface area (TPSA) is 48.3 Å². The molecule has 21 heavy (non-hydrogen) atoms. The van der Waals surface area contributed by atoms with Gasteiger partial charge in [-0.1, -0.05) is 6.92 Å². The minimum atomic E-state index is -0.351. The lowest BCUT2D eigenvalue weighted by Gasteiger charge is -2.34. The van der Waals surface area contributed by atoms with Gasteiger partial charge in [0.05, 0.1) is 12.7 Å². The van der Waals surface area contributed by atoms with Crippen LogP contribution in [0.15, 0.2) is 0 Å². The third-order valence-corrected chi connectivity index (χ3v) is 4.47. The summed E-state index contributed by atoms with van der Waals surface area (Å²) in [5.74, 6) is 0.685. The van der Waals surface area contributed by atoms with Gasteiger partial charge in [0.1, 0.15) is 5.54 Å². The van der Waals surface area contributed by atoms with E-state index in [4.69, 9.17) is 4.74 Å². The molecule has 2 unspecified atom stereocenters. The van der Waals surface area contributed by atoms with Crippen molar-refractivity contribution in [2.45, 2.75) is 64.5 Å². The molecule has 2 atom stereocenters. The van der Waals surface area contributed by atoms with Gasteiger partial charge in [-0.2, -0.15) is 5.26 Å². The van der Waals surface area contributed by atoms with Crippen LogP contribution >= 0.6 is 0 Å². The molecule has 1 aliphatic heterocycles. The van der Waals surface area contributed by atoms with Crippen molar-refractivity contribution < 1.29 is 4.74 Å². The van der Waals surface area contributed by atoms with E-state index in [9.17, 15) is 5.26 Å². The molecule has 4 nitrogen and oxygen atoms in total. The zero-order valence-corrected chi connectivity index (χ0v) is 14.3. The molecule has 0 aromatic rings. The predicted octanol–water partition coefficient (Wildman–Crippen LogP) is 2.80. The molecule has 0 aromatic carbocycles. The number of methoxy groups -OCH3 is 1. The van der Waals surface area contributed by atoms with Gasteiger partial charge in [0.2, 0.25) is 0 Å². The highest BCUT2D eigenvalue weighted by atomic mass is 16.5. The maximum atomic E-state index is 9.53. The molecule has 0 aliphatic carbocycles. The number of piperidine rings is 1. The Morgan fingerprint density at radius 2 is 2.24 bits per heavy atom. The van der Waals surface area contributed by atoms with Gasteiger partial charge in [0, 0.05) is 19.7 Å². The highest BCUT2D eigenvalue weighted by Gasteiger charge is 2.28. The Kier molecular flexibility index (Phi) is 8.24. The van der Waals surface area contributed by atoms with E-state index in [1.54, 1.807) is 7.11 Å². The van der Waals surface area contributed by atoms with E-state index in [-0.39, 0.29) is 5.54 Å². The first-order valence-corrected chi connectivity index (χ1v) is 8.45. The van der Waals surface area contributed by atoms with E-state index in [0.29, 0.717) is 12.0 Å². The van der Waals surface area contributed by atoms with Crippen molar-refractivity contribution in [3.05, 3.63) is 0 Å². The van der Waals surface area contributed by atoms with Crippen molar-refractivity contribution in [2.24, 2.45) is 5.92 Å². The van der Waals surface area contributed by atoms with Crippen LogP contribution in [-0.2, 0) is 4.74 Å². The molecule has 1 aliphatic rings. The van der Waals surface area contributed by atoms with Crippen molar-refractivity contribution in [1.82, 2.24) is 10.2 Å². The summed E-state index contributed by atoms with van der Waals surface area (Å²) in [6.45, 7) is 10.7. The molecule has 0 aromatic heterocycles. The van der Waals surface area contributed by atoms with Crippen LogP contribution in [-0.4, -0.2) is 49.8 Å². The second-order valence-corrected chi connectivity index (χ2v) is 6.71. The minimum absolute atomic E-state index is 0.351. The molecule has 0 spiro atoms. The summed E-state index contributed by atoms with van der Waals surface area (Å²) in [5, 5.41) is 13.0. The highest BCUT2D eigenvalue weighted by molar-refractivity contribution is 5.06. The maximum absolute atomic E-state index is 9.53. The Bertz CT molecular complexity index is 324. The molecule has 1 fully saturated rings. The average Bonchev–Trinajstić information content (AvgIpc) is 2.46. The molecule has 1 saturated heterocycles. The summed E-state index contributed by atoms with van der Waals surface area (Å²) in [5.41, 5.74) is -0.351. The fourth-order valence-corrected chi connectivity index (χ4v) is 3.40. The van der Waals surface area contributed by atoms with Crippen molar-refractivity contribution in [2.75, 3.05) is 33.4 Å². The number of rotatable bonds is 9. The zero-order valence-electron chi connectivity index (χ0n) is 14.3. The van der Waals surface area contributed by atoms with Gasteiger partial charge in [-0.05, 0) is 65.0 Å². The van der Waals surface area contributed by atoms with Gasteiger partial charge in [0.15, 0.2) is 0 Å². The summed E-state index contributed by atoms with van der Waals surface area (Å²) >= 11 is 0. The lowest BCUT2D eigenvalue weighted by molar-refractivity contribution is 0.0888. The van der Waals surface area contributed by atoms with Crippen LogP contribution in [0.5, 0.6) is 0 Å². The average molecular weight is 295 g/mol. The number of ether oxygens (including phenoxy) is 1. The molecule has 1 N–H and O–H groups in total. The largest absolute Gasteiger partial charge is 0.384 e. The van der Waals surface area contributed by atoms with Crippen molar-refractivity contribution in [1.29, 1.82) is 5.26 Å². The molecule has 4 heteroatoms. The Morgan fingerprint density at radius 3 is 2.81 bits per heavy atom. The molecule has 122 valence electrons. The van der Waals surface area contributed by atoms with Gasteiger partial charge in [-0.3, -0.25) is 5.32 Å². The van der Waals surface area contributed by atoms with Crippen LogP contribution in [0.25, 0.3) is 0 Å². The molecular formula is C17H33N3O. The number of hydrogen-bond donors (Lipinski definition) is 1. The molecule has 1 rings (SSSR count). The molecular weight excluding hydrogens is 262 g/mol. The van der Waals surface area contributed by atoms with E-state index in [1.165, 1.54) is 19.4 Å². The van der Waals surface area contributed by atoms with Crippen molar-refractivity contribution >= 4 is 0 Å². The van der Waals surface area contributed by atoms with Gasteiger partial charge in [-0.25, -0.2) is 0 Å². The fourth-order valence-electron chi connectivity index (χ4n) is 3.40. The second kappa shape index (κ2) is 9.40. The number of hydrogen-bond acceptors (Lipinski definition) is 4. The normalized spacial score (nSPS) is 23.0. The molecule has 0 amide bonds. The van der Waals surface area contributed by atoms with Crippen LogP contribution < -0.4 is 5.32 Å². The monoisotopic (exact) mass is 295 g/mol. The summed E-state index contributed by atoms with van der Waals surface area (Å²) in [6.07, 6.45) is 5.45. The van der Waals surface area contributed by atoms with Crippen LogP contribution in [0, 0.1) is 17.2 Å². The molecule has 1 heterocycles. The molecule has 0 radical (unpaired) electrons. The van der Waals surface area contributed by atoms with Gasteiger partial charge in [-0.15, -0.1) is 0 Å². The third-order valence-electron chi connectivity index (χ3n) is 4.47. The Hall–Kier alpha value is -0.630. The van der Waals surface area contributed by atoms with Crippen LogP contribution in [0.3, 0.4) is 0 Å². The predicted molar refractivity (Wildman–Crippen MR) is 87.2 cm³/mol. The van der Waals surface area contributed by atoms with Crippen molar-refractivity contribution in [3.63, 3.8) is 0 Å². The lowest BCUT2D eigenvalue weighted by atomic mass is 9.90. The standard InChI is InChI=1S/C17H33N3O/c1-5-17(14-18,19-15(2)3)9-7-11-20-10-6-8-16(12-20)13-21-4/h15-16,19H,5-13H2,1-4H3. The van der Waals surface area contributed by atoms with E-state index in [2.05, 4.69) is 37.1 Å². The first kappa shape index (κ1) is 18.4. The lowest BCUT2D eigenvalue weighted by Crippen LogP contribution is -2.47. The zero-order chi connectivity index (χ0) is 15.7. The number of nitriles is 1. The van der Waals surface area contributed by atoms with Crippen LogP contribution in [0.4, 0.5) is 0 Å². The summed E-state index contributed by atoms with van der Waals surface area (Å²) in [7, 11) is 1.79. The quantitative estimate of drug-likeness (QED) is 0.710. The van der Waals surface area contributed by atoms with Crippen LogP contribution in [0.1, 0.15) is 52.9 Å². The third kappa shape index (κ3) is 6.34. The summed E-state index contributed by atoms with van der Waals surface area (Å²) in [4.78, 5) is 2.54. The fraction of sp³-hybridized carbons (Fsp3) is 0.941. The van der Waals surface area contributed by atoms with Gasteiger partial charge >= 0.3 is 0 Å². The Labute approximate surface area is 130 Å². The molecule has 0 bridgehead atoms. The van der Waals surface area contributed by atoms with Gasteiger partial charge in [0.25, 0.3) is 0 Å². The smallest absolute Gasteiger partial charge is 0.106 e. The van der Waals surface area contributed by atoms with E-state index >= 15 is 0 Å². The first-order chi connectivity index (χ1) is 10.0. The molecule has 0 saturated carbocycles. The van der Waals surface area contributed by atoms with Crippen molar-refractivity contribution in [3.8, 4) is 6.07 Å². The summed E-state index contributed by atoms with van der Waals surface area (Å²) in [6, 6.07) is 2.87. The number of nitrogens with zero attached hydrogens (tertiary/aromatic N) is 2. The van der Waals surface area contributed by atoms with Gasteiger partial charge < -0.3 is 9.64 Å². The SMILES string of the molecule is CCC(C#N)(CCCN1CCCC(COC)C1)NC(C)C. The Morgan fingerprint density at radius 1 is 1.48 bits per heavy atom. The number of likely N-dealkylation sites (tertiary alicyclic amines) is 1.